The summed E-state index contributed by atoms with van der Waals surface area (Å²) in [6.07, 6.45) is 0. The van der Waals surface area contributed by atoms with E-state index >= 15 is 0 Å². The van der Waals surface area contributed by atoms with E-state index in [9.17, 15) is 4.79 Å². The Morgan fingerprint density at radius 3 is 2.62 bits per heavy atom. The van der Waals surface area contributed by atoms with E-state index in [1.54, 1.807) is 0 Å². The molecule has 0 saturated carbocycles. The van der Waals surface area contributed by atoms with Gasteiger partial charge in [0.15, 0.2) is 5.82 Å². The Kier molecular flexibility index (Phi) is 3.90. The molecule has 0 radical (unpaired) electrons. The molecule has 122 valence electrons. The third-order valence-corrected chi connectivity index (χ3v) is 5.29. The second kappa shape index (κ2) is 6.20. The van der Waals surface area contributed by atoms with Crippen molar-refractivity contribution in [2.75, 3.05) is 13.1 Å². The number of amides is 1. The lowest BCUT2D eigenvalue weighted by atomic mass is 9.89. The lowest BCUT2D eigenvalue weighted by molar-refractivity contribution is 0.0793. The average molecular weight is 339 g/mol. The van der Waals surface area contributed by atoms with Crippen LogP contribution in [0.4, 0.5) is 0 Å². The van der Waals surface area contributed by atoms with Crippen LogP contribution >= 0.6 is 11.3 Å². The zero-order chi connectivity index (χ0) is 16.5. The summed E-state index contributed by atoms with van der Waals surface area (Å²) in [4.78, 5) is 19.8. The Balaban J connectivity index is 1.66. The van der Waals surface area contributed by atoms with Gasteiger partial charge in [0.25, 0.3) is 5.91 Å². The fourth-order valence-corrected chi connectivity index (χ4v) is 3.97. The largest absolute Gasteiger partial charge is 0.339 e. The molecule has 0 spiro atoms. The molecule has 1 aromatic carbocycles. The van der Waals surface area contributed by atoms with Crippen LogP contribution in [-0.4, -0.2) is 34.0 Å². The van der Waals surface area contributed by atoms with Crippen LogP contribution in [0.5, 0.6) is 0 Å². The fraction of sp³-hybridized carbons (Fsp3) is 0.278. The van der Waals surface area contributed by atoms with Gasteiger partial charge in [0.2, 0.25) is 5.89 Å². The second-order valence-electron chi connectivity index (χ2n) is 5.99. The van der Waals surface area contributed by atoms with Gasteiger partial charge in [-0.25, -0.2) is 0 Å². The van der Waals surface area contributed by atoms with Gasteiger partial charge in [0.05, 0.1) is 10.8 Å². The number of aryl methyl sites for hydroxylation is 1. The number of rotatable bonds is 3. The standard InChI is InChI=1S/C18H17N3O2S/c1-12-19-17(23-20-12)15-11-21(18(22)16-8-5-9-24-16)10-14(15)13-6-3-2-4-7-13/h2-9,14-15H,10-11H2,1H3/t14-,15-/m1/s1. The van der Waals surface area contributed by atoms with Gasteiger partial charge in [-0.15, -0.1) is 11.3 Å². The second-order valence-corrected chi connectivity index (χ2v) is 6.94. The summed E-state index contributed by atoms with van der Waals surface area (Å²) in [5, 5.41) is 5.85. The maximum atomic E-state index is 12.7. The van der Waals surface area contributed by atoms with E-state index in [0.29, 0.717) is 24.8 Å². The van der Waals surface area contributed by atoms with Gasteiger partial charge < -0.3 is 9.42 Å². The quantitative estimate of drug-likeness (QED) is 0.733. The van der Waals surface area contributed by atoms with E-state index in [-0.39, 0.29) is 17.7 Å². The van der Waals surface area contributed by atoms with Crippen LogP contribution in [0.2, 0.25) is 0 Å². The van der Waals surface area contributed by atoms with Crippen molar-refractivity contribution in [2.24, 2.45) is 0 Å². The molecule has 2 atom stereocenters. The summed E-state index contributed by atoms with van der Waals surface area (Å²) < 4.78 is 5.42. The van der Waals surface area contributed by atoms with Crippen molar-refractivity contribution in [1.82, 2.24) is 15.0 Å². The van der Waals surface area contributed by atoms with Crippen molar-refractivity contribution in [1.29, 1.82) is 0 Å². The van der Waals surface area contributed by atoms with Crippen molar-refractivity contribution >= 4 is 17.2 Å². The van der Waals surface area contributed by atoms with Gasteiger partial charge in [0.1, 0.15) is 0 Å². The number of benzene rings is 1. The van der Waals surface area contributed by atoms with Crippen molar-refractivity contribution in [2.45, 2.75) is 18.8 Å². The van der Waals surface area contributed by atoms with E-state index < -0.39 is 0 Å². The third kappa shape index (κ3) is 2.73. The molecule has 0 unspecified atom stereocenters. The molecule has 0 aliphatic carbocycles. The molecule has 1 saturated heterocycles. The van der Waals surface area contributed by atoms with Crippen LogP contribution < -0.4 is 0 Å². The highest BCUT2D eigenvalue weighted by Crippen LogP contribution is 2.39. The SMILES string of the molecule is Cc1noc([C@@H]2CN(C(=O)c3cccs3)C[C@@H]2c2ccccc2)n1. The summed E-state index contributed by atoms with van der Waals surface area (Å²) in [5.74, 6) is 1.50. The Bertz CT molecular complexity index is 829. The van der Waals surface area contributed by atoms with E-state index in [2.05, 4.69) is 22.3 Å². The summed E-state index contributed by atoms with van der Waals surface area (Å²) in [6, 6.07) is 14.0. The van der Waals surface area contributed by atoms with Crippen molar-refractivity contribution in [3.63, 3.8) is 0 Å². The van der Waals surface area contributed by atoms with Gasteiger partial charge in [-0.3, -0.25) is 4.79 Å². The monoisotopic (exact) mass is 339 g/mol. The topological polar surface area (TPSA) is 59.2 Å². The first kappa shape index (κ1) is 15.1. The number of nitrogens with zero attached hydrogens (tertiary/aromatic N) is 3. The van der Waals surface area contributed by atoms with Crippen LogP contribution in [0.1, 0.15) is 38.8 Å². The number of hydrogen-bond donors (Lipinski definition) is 0. The minimum Gasteiger partial charge on any atom is -0.339 e. The average Bonchev–Trinajstić information content (AvgIpc) is 3.35. The van der Waals surface area contributed by atoms with Gasteiger partial charge in [-0.2, -0.15) is 4.98 Å². The first-order valence-corrected chi connectivity index (χ1v) is 8.78. The van der Waals surface area contributed by atoms with E-state index in [1.807, 2.05) is 47.5 Å². The molecule has 0 N–H and O–H groups in total. The number of aromatic nitrogens is 2. The maximum absolute atomic E-state index is 12.7. The summed E-state index contributed by atoms with van der Waals surface area (Å²) in [6.45, 7) is 3.07. The van der Waals surface area contributed by atoms with Crippen LogP contribution in [-0.2, 0) is 0 Å². The molecule has 4 rings (SSSR count). The summed E-state index contributed by atoms with van der Waals surface area (Å²) in [7, 11) is 0. The van der Waals surface area contributed by atoms with Gasteiger partial charge in [0, 0.05) is 19.0 Å². The van der Waals surface area contributed by atoms with E-state index in [1.165, 1.54) is 16.9 Å². The number of carbonyl (C=O) groups excluding carboxylic acids is 1. The fourth-order valence-electron chi connectivity index (χ4n) is 3.28. The number of likely N-dealkylation sites (tertiary alicyclic amines) is 1. The van der Waals surface area contributed by atoms with Crippen LogP contribution in [0.15, 0.2) is 52.4 Å². The first-order chi connectivity index (χ1) is 11.7. The number of hydrogen-bond acceptors (Lipinski definition) is 5. The van der Waals surface area contributed by atoms with Crippen LogP contribution in [0, 0.1) is 6.92 Å². The molecule has 1 fully saturated rings. The molecule has 24 heavy (non-hydrogen) atoms. The smallest absolute Gasteiger partial charge is 0.263 e. The van der Waals surface area contributed by atoms with Crippen molar-refractivity contribution in [3.8, 4) is 0 Å². The van der Waals surface area contributed by atoms with Crippen LogP contribution in [0.3, 0.4) is 0 Å². The van der Waals surface area contributed by atoms with Gasteiger partial charge in [-0.05, 0) is 23.9 Å². The molecule has 1 amide bonds. The number of carbonyl (C=O) groups is 1. The summed E-state index contributed by atoms with van der Waals surface area (Å²) >= 11 is 1.47. The van der Waals surface area contributed by atoms with Crippen molar-refractivity contribution < 1.29 is 9.32 Å². The van der Waals surface area contributed by atoms with Gasteiger partial charge in [-0.1, -0.05) is 41.6 Å². The Morgan fingerprint density at radius 2 is 1.96 bits per heavy atom. The molecule has 1 aliphatic heterocycles. The first-order valence-electron chi connectivity index (χ1n) is 7.90. The zero-order valence-electron chi connectivity index (χ0n) is 13.3. The highest BCUT2D eigenvalue weighted by molar-refractivity contribution is 7.12. The summed E-state index contributed by atoms with van der Waals surface area (Å²) in [5.41, 5.74) is 1.19. The number of thiophene rings is 1. The maximum Gasteiger partial charge on any atom is 0.263 e. The minimum atomic E-state index is 0.0255. The molecular weight excluding hydrogens is 322 g/mol. The molecular formula is C18H17N3O2S. The Labute approximate surface area is 143 Å². The predicted octanol–water partition coefficient (Wildman–Crippen LogP) is 3.46. The highest BCUT2D eigenvalue weighted by Gasteiger charge is 2.40. The minimum absolute atomic E-state index is 0.0255. The third-order valence-electron chi connectivity index (χ3n) is 4.43. The van der Waals surface area contributed by atoms with Crippen molar-refractivity contribution in [3.05, 3.63) is 70.0 Å². The molecule has 6 heteroatoms. The lowest BCUT2D eigenvalue weighted by Gasteiger charge is -2.15. The van der Waals surface area contributed by atoms with Gasteiger partial charge >= 0.3 is 0 Å². The molecule has 0 bridgehead atoms. The Hall–Kier alpha value is -2.47. The molecule has 1 aliphatic rings. The van der Waals surface area contributed by atoms with Crippen LogP contribution in [0.25, 0.3) is 0 Å². The lowest BCUT2D eigenvalue weighted by Crippen LogP contribution is -2.28. The molecule has 2 aromatic heterocycles. The van der Waals surface area contributed by atoms with E-state index in [4.69, 9.17) is 4.52 Å². The predicted molar refractivity (Wildman–Crippen MR) is 91.2 cm³/mol. The molecule has 3 aromatic rings. The Morgan fingerprint density at radius 1 is 1.17 bits per heavy atom. The molecule has 3 heterocycles. The van der Waals surface area contributed by atoms with E-state index in [0.717, 1.165) is 4.88 Å². The normalized spacial score (nSPS) is 20.5. The molecule has 5 nitrogen and oxygen atoms in total. The highest BCUT2D eigenvalue weighted by atomic mass is 32.1. The zero-order valence-corrected chi connectivity index (χ0v) is 14.1.